The highest BCUT2D eigenvalue weighted by Gasteiger charge is 2.37. The molecule has 0 spiro atoms. The van der Waals surface area contributed by atoms with E-state index in [2.05, 4.69) is 49.5 Å². The minimum Gasteiger partial charge on any atom is -0.454 e. The third-order valence-electron chi connectivity index (χ3n) is 7.72. The number of carbonyl (C=O) groups is 2. The standard InChI is InChI=1S/C35H40F2N4O6Si/c1-34(2,3)47-33(44)40-30-26(21-45-48(7,8)35(4,5)6)28(17-18-38-30)46-29-16-13-23(20-27(29)37)39-31(42)25-10-9-19-41(32(25)43)24-14-11-22(36)12-15-24/h9-20H,21H2,1-8H3,(H,39,42)(H,38,40,44). The van der Waals surface area contributed by atoms with Gasteiger partial charge < -0.3 is 19.2 Å². The lowest BCUT2D eigenvalue weighted by atomic mass is 10.2. The quantitative estimate of drug-likeness (QED) is 0.171. The van der Waals surface area contributed by atoms with Gasteiger partial charge in [0.25, 0.3) is 11.5 Å². The normalized spacial score (nSPS) is 12.0. The molecule has 0 unspecified atom stereocenters. The first kappa shape index (κ1) is 36.0. The van der Waals surface area contributed by atoms with Gasteiger partial charge >= 0.3 is 6.09 Å². The molecule has 0 fully saturated rings. The molecule has 2 aromatic carbocycles. The van der Waals surface area contributed by atoms with Gasteiger partial charge in [0.2, 0.25) is 0 Å². The first-order valence-electron chi connectivity index (χ1n) is 15.2. The minimum absolute atomic E-state index is 0.0209. The van der Waals surface area contributed by atoms with E-state index in [1.807, 2.05) is 0 Å². The molecule has 10 nitrogen and oxygen atoms in total. The van der Waals surface area contributed by atoms with Crippen LogP contribution in [0.2, 0.25) is 18.1 Å². The van der Waals surface area contributed by atoms with Crippen LogP contribution < -0.4 is 20.9 Å². The molecule has 0 saturated carbocycles. The summed E-state index contributed by atoms with van der Waals surface area (Å²) < 4.78 is 47.8. The number of hydrogen-bond donors (Lipinski definition) is 2. The maximum atomic E-state index is 15.4. The van der Waals surface area contributed by atoms with E-state index in [-0.39, 0.29) is 40.2 Å². The lowest BCUT2D eigenvalue weighted by molar-refractivity contribution is 0.0634. The van der Waals surface area contributed by atoms with Crippen molar-refractivity contribution in [2.75, 3.05) is 10.6 Å². The van der Waals surface area contributed by atoms with E-state index in [1.54, 1.807) is 20.8 Å². The number of carbonyl (C=O) groups excluding carboxylic acids is 2. The third-order valence-corrected chi connectivity index (χ3v) is 12.2. The summed E-state index contributed by atoms with van der Waals surface area (Å²) in [6.45, 7) is 15.7. The van der Waals surface area contributed by atoms with E-state index >= 15 is 4.39 Å². The Morgan fingerprint density at radius 3 is 2.23 bits per heavy atom. The van der Waals surface area contributed by atoms with Crippen LogP contribution in [0.25, 0.3) is 5.69 Å². The molecular formula is C35H40F2N4O6Si. The zero-order valence-corrected chi connectivity index (χ0v) is 29.2. The number of aromatic nitrogens is 2. The molecule has 2 aromatic heterocycles. The highest BCUT2D eigenvalue weighted by Crippen LogP contribution is 2.39. The van der Waals surface area contributed by atoms with Crippen LogP contribution in [-0.4, -0.2) is 35.5 Å². The van der Waals surface area contributed by atoms with Gasteiger partial charge in [-0.3, -0.25) is 19.5 Å². The van der Waals surface area contributed by atoms with Crippen molar-refractivity contribution in [2.24, 2.45) is 0 Å². The molecule has 48 heavy (non-hydrogen) atoms. The van der Waals surface area contributed by atoms with Crippen molar-refractivity contribution in [1.82, 2.24) is 9.55 Å². The maximum Gasteiger partial charge on any atom is 0.413 e. The monoisotopic (exact) mass is 678 g/mol. The SMILES string of the molecule is CC(C)(C)OC(=O)Nc1nccc(Oc2ccc(NC(=O)c3cccn(-c4ccc(F)cc4)c3=O)cc2F)c1CO[Si](C)(C)C(C)(C)C. The maximum absolute atomic E-state index is 15.4. The van der Waals surface area contributed by atoms with Crippen molar-refractivity contribution in [2.45, 2.75) is 71.9 Å². The summed E-state index contributed by atoms with van der Waals surface area (Å²) in [6, 6.07) is 13.4. The predicted molar refractivity (Wildman–Crippen MR) is 183 cm³/mol. The first-order valence-corrected chi connectivity index (χ1v) is 18.1. The van der Waals surface area contributed by atoms with Crippen LogP contribution in [0.3, 0.4) is 0 Å². The largest absolute Gasteiger partial charge is 0.454 e. The Labute approximate surface area is 279 Å². The summed E-state index contributed by atoms with van der Waals surface area (Å²) in [6.07, 6.45) is 2.13. The molecule has 0 saturated heterocycles. The van der Waals surface area contributed by atoms with Crippen molar-refractivity contribution in [3.8, 4) is 17.2 Å². The van der Waals surface area contributed by atoms with Gasteiger partial charge in [-0.2, -0.15) is 0 Å². The summed E-state index contributed by atoms with van der Waals surface area (Å²) in [7, 11) is -2.28. The number of anilines is 2. The van der Waals surface area contributed by atoms with Crippen LogP contribution in [0.5, 0.6) is 11.5 Å². The average molecular weight is 679 g/mol. The van der Waals surface area contributed by atoms with Gasteiger partial charge in [-0.1, -0.05) is 20.8 Å². The molecule has 2 amide bonds. The van der Waals surface area contributed by atoms with Crippen LogP contribution in [-0.2, 0) is 15.8 Å². The van der Waals surface area contributed by atoms with E-state index in [0.29, 0.717) is 11.3 Å². The zero-order chi connectivity index (χ0) is 35.4. The van der Waals surface area contributed by atoms with Crippen LogP contribution in [0, 0.1) is 11.6 Å². The highest BCUT2D eigenvalue weighted by molar-refractivity contribution is 6.74. The van der Waals surface area contributed by atoms with Gasteiger partial charge in [-0.15, -0.1) is 0 Å². The van der Waals surface area contributed by atoms with Gasteiger partial charge in [0, 0.05) is 29.8 Å². The number of nitrogens with one attached hydrogen (secondary N) is 2. The predicted octanol–water partition coefficient (Wildman–Crippen LogP) is 8.42. The molecular weight excluding hydrogens is 638 g/mol. The average Bonchev–Trinajstić information content (AvgIpc) is 2.97. The molecule has 0 atom stereocenters. The Kier molecular flexibility index (Phi) is 10.5. The summed E-state index contributed by atoms with van der Waals surface area (Å²) in [5, 5.41) is 5.07. The zero-order valence-electron chi connectivity index (χ0n) is 28.2. The smallest absolute Gasteiger partial charge is 0.413 e. The van der Waals surface area contributed by atoms with Gasteiger partial charge in [-0.25, -0.2) is 18.6 Å². The second kappa shape index (κ2) is 14.1. The Balaban J connectivity index is 1.58. The summed E-state index contributed by atoms with van der Waals surface area (Å²) in [5.74, 6) is -1.88. The number of pyridine rings is 2. The Hall–Kier alpha value is -4.88. The molecule has 4 rings (SSSR count). The van der Waals surface area contributed by atoms with Gasteiger partial charge in [0.15, 0.2) is 19.9 Å². The number of rotatable bonds is 9. The molecule has 254 valence electrons. The van der Waals surface area contributed by atoms with Gasteiger partial charge in [-0.05, 0) is 93.5 Å². The lowest BCUT2D eigenvalue weighted by Gasteiger charge is -2.36. The molecule has 0 aliphatic rings. The number of benzene rings is 2. The van der Waals surface area contributed by atoms with Crippen molar-refractivity contribution < 1.29 is 32.3 Å². The van der Waals surface area contributed by atoms with Crippen LogP contribution >= 0.6 is 0 Å². The molecule has 2 N–H and O–H groups in total. The first-order chi connectivity index (χ1) is 22.3. The van der Waals surface area contributed by atoms with Crippen molar-refractivity contribution >= 4 is 31.8 Å². The van der Waals surface area contributed by atoms with Crippen molar-refractivity contribution in [3.05, 3.63) is 106 Å². The Morgan fingerprint density at radius 2 is 1.60 bits per heavy atom. The number of halogens is 2. The molecule has 13 heteroatoms. The third kappa shape index (κ3) is 8.92. The fraction of sp³-hybridized carbons (Fsp3) is 0.314. The summed E-state index contributed by atoms with van der Waals surface area (Å²) in [5.41, 5.74) is -0.760. The molecule has 0 aliphatic heterocycles. The molecule has 0 aliphatic carbocycles. The fourth-order valence-electron chi connectivity index (χ4n) is 4.14. The van der Waals surface area contributed by atoms with E-state index in [4.69, 9.17) is 13.9 Å². The second-order valence-electron chi connectivity index (χ2n) is 13.6. The molecule has 0 bridgehead atoms. The number of amides is 2. The summed E-state index contributed by atoms with van der Waals surface area (Å²) in [4.78, 5) is 43.0. The molecule has 2 heterocycles. The Morgan fingerprint density at radius 1 is 0.917 bits per heavy atom. The van der Waals surface area contributed by atoms with Crippen molar-refractivity contribution in [3.63, 3.8) is 0 Å². The number of hydrogen-bond acceptors (Lipinski definition) is 7. The number of nitrogens with zero attached hydrogens (tertiary/aromatic N) is 2. The van der Waals surface area contributed by atoms with E-state index in [0.717, 1.165) is 6.07 Å². The highest BCUT2D eigenvalue weighted by atomic mass is 28.4. The van der Waals surface area contributed by atoms with Crippen molar-refractivity contribution in [1.29, 1.82) is 0 Å². The van der Waals surface area contributed by atoms with Crippen LogP contribution in [0.1, 0.15) is 57.5 Å². The van der Waals surface area contributed by atoms with Crippen LogP contribution in [0.15, 0.2) is 77.9 Å². The van der Waals surface area contributed by atoms with Gasteiger partial charge in [0.05, 0.1) is 12.2 Å². The van der Waals surface area contributed by atoms with E-state index in [9.17, 15) is 18.8 Å². The van der Waals surface area contributed by atoms with Crippen LogP contribution in [0.4, 0.5) is 25.1 Å². The van der Waals surface area contributed by atoms with E-state index in [1.165, 1.54) is 71.6 Å². The van der Waals surface area contributed by atoms with Gasteiger partial charge in [0.1, 0.15) is 28.5 Å². The molecule has 0 radical (unpaired) electrons. The minimum atomic E-state index is -2.28. The topological polar surface area (TPSA) is 121 Å². The summed E-state index contributed by atoms with van der Waals surface area (Å²) >= 11 is 0. The lowest BCUT2D eigenvalue weighted by Crippen LogP contribution is -2.40. The molecule has 4 aromatic rings. The second-order valence-corrected chi connectivity index (χ2v) is 18.4. The van der Waals surface area contributed by atoms with E-state index < -0.39 is 43.1 Å². The fourth-order valence-corrected chi connectivity index (χ4v) is 5.08. The Bertz CT molecular complexity index is 1870. The number of ether oxygens (including phenoxy) is 2.